The SMILES string of the molecule is CC(C)(OC1CCCC1)C(=O)OCC1CCC(n2ccc(=O)[nH]c2=O)O1.CC(C)(OC1CCCCC1)C(=O)OCC1CCC(n2ccc(=O)[nH]c2=O)O1. The van der Waals surface area contributed by atoms with Gasteiger partial charge in [0.15, 0.2) is 11.2 Å². The summed E-state index contributed by atoms with van der Waals surface area (Å²) in [6.07, 6.45) is 13.8. The third-order valence-corrected chi connectivity index (χ3v) is 10.1. The largest absolute Gasteiger partial charge is 0.461 e. The molecule has 4 aliphatic rings. The molecule has 4 atom stereocenters. The molecule has 0 radical (unpaired) electrons. The fourth-order valence-electron chi connectivity index (χ4n) is 7.14. The van der Waals surface area contributed by atoms with E-state index in [0.29, 0.717) is 25.7 Å². The molecule has 0 aromatic carbocycles. The first-order chi connectivity index (χ1) is 25.2. The quantitative estimate of drug-likeness (QED) is 0.301. The Hall–Kier alpha value is -3.86. The monoisotopic (exact) mass is 746 g/mol. The highest BCUT2D eigenvalue weighted by molar-refractivity contribution is 5.79. The molecule has 2 aliphatic heterocycles. The van der Waals surface area contributed by atoms with Crippen LogP contribution in [-0.4, -0.2) is 79.9 Å². The van der Waals surface area contributed by atoms with E-state index in [1.807, 2.05) is 0 Å². The van der Waals surface area contributed by atoms with Crippen LogP contribution >= 0.6 is 0 Å². The molecule has 2 aliphatic carbocycles. The first-order valence-corrected chi connectivity index (χ1v) is 18.8. The summed E-state index contributed by atoms with van der Waals surface area (Å²) in [6.45, 7) is 7.16. The summed E-state index contributed by atoms with van der Waals surface area (Å²) < 4.78 is 37.0. The summed E-state index contributed by atoms with van der Waals surface area (Å²) in [6, 6.07) is 2.56. The third-order valence-electron chi connectivity index (χ3n) is 10.1. The van der Waals surface area contributed by atoms with Crippen molar-refractivity contribution in [2.45, 2.75) is 159 Å². The first-order valence-electron chi connectivity index (χ1n) is 18.8. The number of nitrogens with zero attached hydrogens (tertiary/aromatic N) is 2. The van der Waals surface area contributed by atoms with Gasteiger partial charge in [-0.25, -0.2) is 19.2 Å². The molecule has 16 nitrogen and oxygen atoms in total. The average Bonchev–Trinajstić information content (AvgIpc) is 3.90. The van der Waals surface area contributed by atoms with Crippen LogP contribution in [0.1, 0.15) is 124 Å². The lowest BCUT2D eigenvalue weighted by molar-refractivity contribution is -0.180. The van der Waals surface area contributed by atoms with Gasteiger partial charge in [0.1, 0.15) is 25.7 Å². The predicted octanol–water partition coefficient (Wildman–Crippen LogP) is 3.38. The Labute approximate surface area is 307 Å². The summed E-state index contributed by atoms with van der Waals surface area (Å²) in [5.41, 5.74) is -3.88. The van der Waals surface area contributed by atoms with E-state index in [9.17, 15) is 28.8 Å². The van der Waals surface area contributed by atoms with E-state index in [0.717, 1.165) is 51.4 Å². The van der Waals surface area contributed by atoms with Crippen LogP contribution < -0.4 is 22.5 Å². The van der Waals surface area contributed by atoms with Gasteiger partial charge in [0.25, 0.3) is 11.1 Å². The topological polar surface area (TPSA) is 199 Å². The number of esters is 2. The molecule has 0 bridgehead atoms. The molecule has 2 aromatic rings. The number of ether oxygens (including phenoxy) is 6. The number of hydrogen-bond acceptors (Lipinski definition) is 12. The maximum atomic E-state index is 12.4. The maximum absolute atomic E-state index is 12.4. The lowest BCUT2D eigenvalue weighted by Gasteiger charge is -2.31. The number of carbonyl (C=O) groups is 2. The molecule has 0 spiro atoms. The fourth-order valence-corrected chi connectivity index (χ4v) is 7.14. The minimum absolute atomic E-state index is 0.112. The molecule has 4 fully saturated rings. The molecule has 2 saturated heterocycles. The summed E-state index contributed by atoms with van der Waals surface area (Å²) >= 11 is 0. The highest BCUT2D eigenvalue weighted by atomic mass is 16.6. The second-order valence-corrected chi connectivity index (χ2v) is 15.2. The van der Waals surface area contributed by atoms with Crippen LogP contribution in [0.4, 0.5) is 0 Å². The zero-order valence-corrected chi connectivity index (χ0v) is 31.2. The Balaban J connectivity index is 0.000000204. The number of rotatable bonds is 12. The van der Waals surface area contributed by atoms with E-state index in [2.05, 4.69) is 9.97 Å². The van der Waals surface area contributed by atoms with Gasteiger partial charge in [-0.2, -0.15) is 0 Å². The van der Waals surface area contributed by atoms with E-state index in [1.54, 1.807) is 27.7 Å². The molecule has 2 N–H and O–H groups in total. The summed E-state index contributed by atoms with van der Waals surface area (Å²) in [5, 5.41) is 0. The Morgan fingerprint density at radius 2 is 1.00 bits per heavy atom. The van der Waals surface area contributed by atoms with Gasteiger partial charge in [0.05, 0.1) is 24.4 Å². The number of carbonyl (C=O) groups excluding carboxylic acids is 2. The Morgan fingerprint density at radius 1 is 0.623 bits per heavy atom. The van der Waals surface area contributed by atoms with Crippen LogP contribution in [0.25, 0.3) is 0 Å². The molecule has 2 aromatic heterocycles. The lowest BCUT2D eigenvalue weighted by atomic mass is 9.97. The Morgan fingerprint density at radius 3 is 1.38 bits per heavy atom. The number of aromatic nitrogens is 4. The number of H-pyrrole nitrogens is 2. The van der Waals surface area contributed by atoms with E-state index >= 15 is 0 Å². The second kappa shape index (κ2) is 18.0. The summed E-state index contributed by atoms with van der Waals surface area (Å²) in [5.74, 6) is -0.806. The van der Waals surface area contributed by atoms with Crippen LogP contribution in [-0.2, 0) is 38.0 Å². The van der Waals surface area contributed by atoms with Crippen LogP contribution in [0.5, 0.6) is 0 Å². The molecule has 0 amide bonds. The van der Waals surface area contributed by atoms with Crippen molar-refractivity contribution in [3.8, 4) is 0 Å². The van der Waals surface area contributed by atoms with Gasteiger partial charge in [-0.15, -0.1) is 0 Å². The average molecular weight is 747 g/mol. The summed E-state index contributed by atoms with van der Waals surface area (Å²) in [7, 11) is 0. The minimum atomic E-state index is -0.990. The molecular weight excluding hydrogens is 692 g/mol. The van der Waals surface area contributed by atoms with Gasteiger partial charge < -0.3 is 28.4 Å². The number of hydrogen-bond donors (Lipinski definition) is 2. The lowest BCUT2D eigenvalue weighted by Crippen LogP contribution is -2.41. The molecule has 4 heterocycles. The smallest absolute Gasteiger partial charge is 0.337 e. The zero-order valence-electron chi connectivity index (χ0n) is 31.2. The van der Waals surface area contributed by atoms with E-state index in [4.69, 9.17) is 28.4 Å². The molecule has 6 rings (SSSR count). The normalized spacial score (nSPS) is 24.1. The van der Waals surface area contributed by atoms with Gasteiger partial charge >= 0.3 is 23.3 Å². The standard InChI is InChI=1S/C19H28N2O6.C18H26N2O6/c1-19(2,27-13-6-4-3-5-7-13)17(23)25-12-14-8-9-16(26-14)21-11-10-15(22)20-18(21)24;1-18(2,26-12-5-3-4-6-12)16(22)24-11-13-7-8-15(25-13)20-10-9-14(21)19-17(20)23/h10-11,13-14,16H,3-9,12H2,1-2H3,(H,20,22,24);9-10,12-13,15H,3-8,11H2,1-2H3,(H,19,21,23). The van der Waals surface area contributed by atoms with Crippen LogP contribution in [0.15, 0.2) is 43.7 Å². The third kappa shape index (κ3) is 11.3. The molecular formula is C37H54N4O12. The molecule has 294 valence electrons. The van der Waals surface area contributed by atoms with E-state index in [1.165, 1.54) is 40.1 Å². The van der Waals surface area contributed by atoms with E-state index in [-0.39, 0.29) is 37.6 Å². The van der Waals surface area contributed by atoms with Crippen molar-refractivity contribution < 1.29 is 38.0 Å². The zero-order chi connectivity index (χ0) is 38.2. The van der Waals surface area contributed by atoms with Gasteiger partial charge in [0, 0.05) is 24.5 Å². The fraction of sp³-hybridized carbons (Fsp3) is 0.730. The summed E-state index contributed by atoms with van der Waals surface area (Å²) in [4.78, 5) is 75.2. The highest BCUT2D eigenvalue weighted by Gasteiger charge is 2.37. The van der Waals surface area contributed by atoms with Crippen molar-refractivity contribution in [1.29, 1.82) is 0 Å². The number of nitrogens with one attached hydrogen (secondary N) is 2. The Kier molecular flexibility index (Phi) is 13.7. The van der Waals surface area contributed by atoms with Gasteiger partial charge in [-0.05, 0) is 79.1 Å². The predicted molar refractivity (Wildman–Crippen MR) is 190 cm³/mol. The van der Waals surface area contributed by atoms with Crippen LogP contribution in [0.2, 0.25) is 0 Å². The van der Waals surface area contributed by atoms with Gasteiger partial charge in [-0.3, -0.25) is 28.7 Å². The highest BCUT2D eigenvalue weighted by Crippen LogP contribution is 2.30. The van der Waals surface area contributed by atoms with Crippen LogP contribution in [0.3, 0.4) is 0 Å². The van der Waals surface area contributed by atoms with E-state index < -0.39 is 58.1 Å². The van der Waals surface area contributed by atoms with Crippen molar-refractivity contribution >= 4 is 11.9 Å². The van der Waals surface area contributed by atoms with Crippen molar-refractivity contribution in [2.75, 3.05) is 13.2 Å². The van der Waals surface area contributed by atoms with Gasteiger partial charge in [-0.1, -0.05) is 32.1 Å². The molecule has 53 heavy (non-hydrogen) atoms. The second-order valence-electron chi connectivity index (χ2n) is 15.2. The van der Waals surface area contributed by atoms with Crippen molar-refractivity contribution in [2.24, 2.45) is 0 Å². The van der Waals surface area contributed by atoms with Crippen LogP contribution in [0, 0.1) is 0 Å². The van der Waals surface area contributed by atoms with Crippen molar-refractivity contribution in [1.82, 2.24) is 19.1 Å². The first kappa shape index (κ1) is 40.3. The molecule has 16 heteroatoms. The molecule has 4 unspecified atom stereocenters. The van der Waals surface area contributed by atoms with Crippen molar-refractivity contribution in [3.05, 3.63) is 66.2 Å². The number of aromatic amines is 2. The van der Waals surface area contributed by atoms with Gasteiger partial charge in [0.2, 0.25) is 0 Å². The maximum Gasteiger partial charge on any atom is 0.337 e. The Bertz CT molecular complexity index is 1770. The van der Waals surface area contributed by atoms with Crippen molar-refractivity contribution in [3.63, 3.8) is 0 Å². The minimum Gasteiger partial charge on any atom is -0.461 e. The molecule has 2 saturated carbocycles.